The quantitative estimate of drug-likeness (QED) is 0.301. The number of carbonyl (C=O) groups is 1. The first-order valence-corrected chi connectivity index (χ1v) is 14.9. The molecular weight excluding hydrogens is 560 g/mol. The van der Waals surface area contributed by atoms with Gasteiger partial charge in [-0.2, -0.15) is 0 Å². The molecule has 1 aliphatic rings. The van der Waals surface area contributed by atoms with Crippen LogP contribution in [0.15, 0.2) is 70.1 Å². The van der Waals surface area contributed by atoms with Gasteiger partial charge in [-0.3, -0.25) is 4.72 Å². The highest BCUT2D eigenvalue weighted by atomic mass is 32.2. The summed E-state index contributed by atoms with van der Waals surface area (Å²) in [6, 6.07) is 18.0. The third kappa shape index (κ3) is 6.08. The molecule has 2 heterocycles. The number of piperazine rings is 1. The maximum absolute atomic E-state index is 13.2. The van der Waals surface area contributed by atoms with Crippen LogP contribution in [-0.4, -0.2) is 70.6 Å². The fourth-order valence-corrected chi connectivity index (χ4v) is 5.99. The molecule has 1 fully saturated rings. The molecule has 12 heteroatoms. The lowest BCUT2D eigenvalue weighted by Gasteiger charge is -2.36. The molecule has 4 aromatic rings. The van der Waals surface area contributed by atoms with Gasteiger partial charge >= 0.3 is 6.09 Å². The topological polar surface area (TPSA) is 123 Å². The average Bonchev–Trinajstić information content (AvgIpc) is 3.37. The number of aromatic nitrogens is 1. The predicted molar refractivity (Wildman–Crippen MR) is 160 cm³/mol. The van der Waals surface area contributed by atoms with Gasteiger partial charge in [0.15, 0.2) is 11.4 Å². The summed E-state index contributed by atoms with van der Waals surface area (Å²) >= 11 is 0. The van der Waals surface area contributed by atoms with Crippen LogP contribution in [-0.2, 0) is 14.8 Å². The highest BCUT2D eigenvalue weighted by molar-refractivity contribution is 7.92. The maximum Gasteiger partial charge on any atom is 0.410 e. The van der Waals surface area contributed by atoms with Gasteiger partial charge in [-0.1, -0.05) is 29.4 Å². The molecule has 0 aliphatic carbocycles. The number of anilines is 2. The zero-order chi connectivity index (χ0) is 30.1. The van der Waals surface area contributed by atoms with Crippen molar-refractivity contribution in [3.63, 3.8) is 0 Å². The number of ether oxygens (including phenoxy) is 3. The van der Waals surface area contributed by atoms with Gasteiger partial charge in [0.2, 0.25) is 0 Å². The standard InChI is InChI=1S/C30H34N4O7S/c1-30(2,3)40-29(35)34-15-13-33(14-16-34)22-10-8-9-20(17-22)21-18-24(39-5)27-25(19-21)41-31-28(27)32-42(36,37)26-12-7-6-11-23(26)38-4/h6-12,17-19H,13-16H2,1-5H3,(H,31,32). The fraction of sp³-hybridized carbons (Fsp3) is 0.333. The lowest BCUT2D eigenvalue weighted by molar-refractivity contribution is 0.0240. The zero-order valence-corrected chi connectivity index (χ0v) is 25.0. The lowest BCUT2D eigenvalue weighted by Crippen LogP contribution is -2.50. The first kappa shape index (κ1) is 29.1. The van der Waals surface area contributed by atoms with E-state index in [1.54, 1.807) is 29.2 Å². The van der Waals surface area contributed by atoms with Crippen molar-refractivity contribution in [2.24, 2.45) is 0 Å². The summed E-state index contributed by atoms with van der Waals surface area (Å²) in [5, 5.41) is 4.40. The number of fused-ring (bicyclic) bond motifs is 1. The van der Waals surface area contributed by atoms with E-state index in [0.29, 0.717) is 42.9 Å². The van der Waals surface area contributed by atoms with Crippen LogP contribution in [0.4, 0.5) is 16.3 Å². The smallest absolute Gasteiger partial charge is 0.410 e. The molecule has 0 atom stereocenters. The van der Waals surface area contributed by atoms with Crippen LogP contribution < -0.4 is 19.1 Å². The van der Waals surface area contributed by atoms with Gasteiger partial charge in [-0.15, -0.1) is 0 Å². The number of nitrogens with one attached hydrogen (secondary N) is 1. The second kappa shape index (κ2) is 11.4. The summed E-state index contributed by atoms with van der Waals surface area (Å²) in [6.07, 6.45) is -0.298. The Kier molecular flexibility index (Phi) is 7.91. The summed E-state index contributed by atoms with van der Waals surface area (Å²) in [5.74, 6) is 0.618. The molecule has 0 radical (unpaired) electrons. The Hall–Kier alpha value is -4.45. The first-order valence-electron chi connectivity index (χ1n) is 13.5. The molecule has 0 bridgehead atoms. The molecule has 222 valence electrons. The van der Waals surface area contributed by atoms with Gasteiger partial charge in [0.25, 0.3) is 10.0 Å². The van der Waals surface area contributed by atoms with Crippen molar-refractivity contribution >= 4 is 38.6 Å². The molecule has 42 heavy (non-hydrogen) atoms. The highest BCUT2D eigenvalue weighted by Gasteiger charge is 2.27. The molecule has 5 rings (SSSR count). The van der Waals surface area contributed by atoms with Gasteiger partial charge < -0.3 is 28.5 Å². The van der Waals surface area contributed by atoms with Crippen molar-refractivity contribution in [2.45, 2.75) is 31.3 Å². The van der Waals surface area contributed by atoms with E-state index in [0.717, 1.165) is 16.8 Å². The minimum Gasteiger partial charge on any atom is -0.496 e. The van der Waals surface area contributed by atoms with Gasteiger partial charge in [0.1, 0.15) is 27.4 Å². The third-order valence-corrected chi connectivity index (χ3v) is 8.20. The summed E-state index contributed by atoms with van der Waals surface area (Å²) in [7, 11) is -1.12. The number of nitrogens with zero attached hydrogens (tertiary/aromatic N) is 3. The molecule has 0 spiro atoms. The van der Waals surface area contributed by atoms with Crippen molar-refractivity contribution in [1.29, 1.82) is 0 Å². The van der Waals surface area contributed by atoms with E-state index in [-0.39, 0.29) is 22.6 Å². The van der Waals surface area contributed by atoms with E-state index < -0.39 is 15.6 Å². The zero-order valence-electron chi connectivity index (χ0n) is 24.2. The Morgan fingerprint density at radius 3 is 2.31 bits per heavy atom. The van der Waals surface area contributed by atoms with Gasteiger partial charge in [-0.25, -0.2) is 13.2 Å². The van der Waals surface area contributed by atoms with E-state index in [9.17, 15) is 13.2 Å². The van der Waals surface area contributed by atoms with E-state index in [2.05, 4.69) is 20.8 Å². The number of benzene rings is 3. The number of methoxy groups -OCH3 is 2. The van der Waals surface area contributed by atoms with Gasteiger partial charge in [-0.05, 0) is 68.3 Å². The Balaban J connectivity index is 1.38. The lowest BCUT2D eigenvalue weighted by atomic mass is 10.0. The summed E-state index contributed by atoms with van der Waals surface area (Å²) in [5.41, 5.74) is 2.56. The number of carbonyl (C=O) groups excluding carboxylic acids is 1. The minimum absolute atomic E-state index is 0.0101. The van der Waals surface area contributed by atoms with Crippen LogP contribution in [0.1, 0.15) is 20.8 Å². The number of hydrogen-bond donors (Lipinski definition) is 1. The number of sulfonamides is 1. The third-order valence-electron chi connectivity index (χ3n) is 6.82. The van der Waals surface area contributed by atoms with E-state index in [4.69, 9.17) is 18.7 Å². The number of rotatable bonds is 7. The van der Waals surface area contributed by atoms with E-state index in [1.165, 1.54) is 20.3 Å². The number of amides is 1. The van der Waals surface area contributed by atoms with Crippen molar-refractivity contribution in [3.8, 4) is 22.6 Å². The van der Waals surface area contributed by atoms with Crippen molar-refractivity contribution < 1.29 is 31.9 Å². The monoisotopic (exact) mass is 594 g/mol. The molecule has 1 aliphatic heterocycles. The molecule has 0 unspecified atom stereocenters. The fourth-order valence-electron chi connectivity index (χ4n) is 4.81. The van der Waals surface area contributed by atoms with Crippen molar-refractivity contribution in [1.82, 2.24) is 10.1 Å². The molecule has 0 saturated carbocycles. The molecule has 1 saturated heterocycles. The summed E-state index contributed by atoms with van der Waals surface area (Å²) in [6.45, 7) is 8.04. The largest absolute Gasteiger partial charge is 0.496 e. The number of para-hydroxylation sites is 1. The van der Waals surface area contributed by atoms with Crippen LogP contribution in [0.5, 0.6) is 11.5 Å². The normalized spacial score (nSPS) is 14.1. The Bertz CT molecular complexity index is 1700. The minimum atomic E-state index is -4.03. The first-order chi connectivity index (χ1) is 20.0. The predicted octanol–water partition coefficient (Wildman–Crippen LogP) is 5.37. The Morgan fingerprint density at radius 2 is 1.62 bits per heavy atom. The Labute approximate surface area is 245 Å². The summed E-state index contributed by atoms with van der Waals surface area (Å²) in [4.78, 5) is 16.4. The SMILES string of the molecule is COc1ccccc1S(=O)(=O)Nc1noc2cc(-c3cccc(N4CCN(C(=O)OC(C)(C)C)CC4)c3)cc(OC)c12. The average molecular weight is 595 g/mol. The van der Waals surface area contributed by atoms with Gasteiger partial charge in [0.05, 0.1) is 14.2 Å². The van der Waals surface area contributed by atoms with E-state index >= 15 is 0 Å². The van der Waals surface area contributed by atoms with Gasteiger partial charge in [0, 0.05) is 31.9 Å². The number of hydrogen-bond acceptors (Lipinski definition) is 9. The molecule has 1 amide bonds. The van der Waals surface area contributed by atoms with Crippen LogP contribution in [0.25, 0.3) is 22.1 Å². The van der Waals surface area contributed by atoms with Crippen LogP contribution >= 0.6 is 0 Å². The van der Waals surface area contributed by atoms with Crippen LogP contribution in [0, 0.1) is 0 Å². The maximum atomic E-state index is 13.2. The second-order valence-corrected chi connectivity index (χ2v) is 12.5. The van der Waals surface area contributed by atoms with Crippen LogP contribution in [0.3, 0.4) is 0 Å². The second-order valence-electron chi connectivity index (χ2n) is 10.8. The molecule has 1 aromatic heterocycles. The molecule has 1 N–H and O–H groups in total. The molecule has 11 nitrogen and oxygen atoms in total. The molecule has 3 aromatic carbocycles. The Morgan fingerprint density at radius 1 is 0.905 bits per heavy atom. The highest BCUT2D eigenvalue weighted by Crippen LogP contribution is 2.39. The van der Waals surface area contributed by atoms with Crippen LogP contribution in [0.2, 0.25) is 0 Å². The van der Waals surface area contributed by atoms with E-state index in [1.807, 2.05) is 45.0 Å². The summed E-state index contributed by atoms with van der Waals surface area (Å²) < 4.78 is 50.8. The molecular formula is C30H34N4O7S. The van der Waals surface area contributed by atoms with Crippen molar-refractivity contribution in [3.05, 3.63) is 60.7 Å². The van der Waals surface area contributed by atoms with Crippen molar-refractivity contribution in [2.75, 3.05) is 50.0 Å².